The number of amides is 1. The lowest BCUT2D eigenvalue weighted by Crippen LogP contribution is -2.31. The Bertz CT molecular complexity index is 631. The van der Waals surface area contributed by atoms with Crippen LogP contribution in [0.3, 0.4) is 0 Å². The number of nitrogens with two attached hydrogens (primary N) is 1. The van der Waals surface area contributed by atoms with Gasteiger partial charge in [0.1, 0.15) is 5.76 Å². The van der Waals surface area contributed by atoms with Gasteiger partial charge in [0.25, 0.3) is 0 Å². The summed E-state index contributed by atoms with van der Waals surface area (Å²) in [5, 5.41) is 1.98. The summed E-state index contributed by atoms with van der Waals surface area (Å²) in [5.74, 6) is 1.88. The average molecular weight is 378 g/mol. The van der Waals surface area contributed by atoms with Crippen LogP contribution in [-0.2, 0) is 11.2 Å². The van der Waals surface area contributed by atoms with Crippen molar-refractivity contribution in [2.45, 2.75) is 19.8 Å². The molecule has 1 atom stereocenters. The maximum absolute atomic E-state index is 12.3. The second kappa shape index (κ2) is 8.68. The van der Waals surface area contributed by atoms with Gasteiger partial charge in [0, 0.05) is 13.1 Å². The number of aryl methyl sites for hydroxylation is 1. The number of aromatic nitrogens is 1. The predicted molar refractivity (Wildman–Crippen MR) is 96.5 cm³/mol. The molecule has 1 aliphatic rings. The van der Waals surface area contributed by atoms with Crippen molar-refractivity contribution >= 4 is 42.1 Å². The summed E-state index contributed by atoms with van der Waals surface area (Å²) < 4.78 is 5.67. The molecule has 0 bridgehead atoms. The summed E-state index contributed by atoms with van der Waals surface area (Å²) in [7, 11) is 0. The molecule has 3 rings (SSSR count). The molecule has 23 heavy (non-hydrogen) atoms. The van der Waals surface area contributed by atoms with E-state index in [-0.39, 0.29) is 30.7 Å². The number of likely N-dealkylation sites (tertiary alicyclic amines) is 1. The molecule has 1 aliphatic heterocycles. The zero-order valence-corrected chi connectivity index (χ0v) is 15.3. The Morgan fingerprint density at radius 3 is 2.91 bits per heavy atom. The number of halogens is 2. The fourth-order valence-corrected chi connectivity index (χ4v) is 3.25. The van der Waals surface area contributed by atoms with Gasteiger partial charge in [0.2, 0.25) is 11.8 Å². The normalized spacial score (nSPS) is 16.8. The van der Waals surface area contributed by atoms with Gasteiger partial charge in [-0.15, -0.1) is 36.2 Å². The fourth-order valence-electron chi connectivity index (χ4n) is 2.60. The van der Waals surface area contributed by atoms with Gasteiger partial charge in [-0.3, -0.25) is 4.79 Å². The molecule has 0 aliphatic carbocycles. The zero-order chi connectivity index (χ0) is 14.8. The van der Waals surface area contributed by atoms with Crippen molar-refractivity contribution in [1.82, 2.24) is 9.88 Å². The van der Waals surface area contributed by atoms with Gasteiger partial charge in [-0.05, 0) is 37.3 Å². The first-order valence-electron chi connectivity index (χ1n) is 7.15. The molecule has 1 unspecified atom stereocenters. The number of nitrogens with zero attached hydrogens (tertiary/aromatic N) is 2. The molecule has 1 amide bonds. The van der Waals surface area contributed by atoms with Crippen molar-refractivity contribution < 1.29 is 9.21 Å². The van der Waals surface area contributed by atoms with Crippen molar-refractivity contribution in [1.29, 1.82) is 0 Å². The van der Waals surface area contributed by atoms with E-state index >= 15 is 0 Å². The molecule has 2 N–H and O–H groups in total. The fraction of sp³-hybridized carbons (Fsp3) is 0.467. The van der Waals surface area contributed by atoms with E-state index in [0.717, 1.165) is 35.8 Å². The maximum Gasteiger partial charge on any atom is 0.236 e. The van der Waals surface area contributed by atoms with E-state index in [2.05, 4.69) is 4.98 Å². The van der Waals surface area contributed by atoms with Crippen LogP contribution < -0.4 is 5.73 Å². The molecule has 3 heterocycles. The number of carbonyl (C=O) groups excluding carboxylic acids is 1. The van der Waals surface area contributed by atoms with E-state index in [4.69, 9.17) is 10.2 Å². The molecule has 128 valence electrons. The third-order valence-electron chi connectivity index (χ3n) is 3.92. The molecular weight excluding hydrogens is 357 g/mol. The van der Waals surface area contributed by atoms with Crippen LogP contribution in [0, 0.1) is 12.8 Å². The minimum Gasteiger partial charge on any atom is -0.440 e. The van der Waals surface area contributed by atoms with Gasteiger partial charge in [-0.25, -0.2) is 4.98 Å². The third kappa shape index (κ3) is 4.47. The Kier molecular flexibility index (Phi) is 7.54. The monoisotopic (exact) mass is 377 g/mol. The van der Waals surface area contributed by atoms with Crippen LogP contribution in [0.25, 0.3) is 10.8 Å². The standard InChI is InChI=1S/C15H19N3O2S.2ClH/c1-10-12(17-15(20-10)13-3-2-6-21-13)7-14(19)18-5-4-11(8-16)9-18;;/h2-3,6,11H,4-5,7-9,16H2,1H3;2*1H. The first-order valence-corrected chi connectivity index (χ1v) is 8.03. The predicted octanol–water partition coefficient (Wildman–Crippen LogP) is 2.90. The summed E-state index contributed by atoms with van der Waals surface area (Å²) in [4.78, 5) is 19.7. The summed E-state index contributed by atoms with van der Waals surface area (Å²) in [5.41, 5.74) is 6.40. The minimum absolute atomic E-state index is 0. The van der Waals surface area contributed by atoms with Crippen LogP contribution >= 0.6 is 36.2 Å². The third-order valence-corrected chi connectivity index (χ3v) is 4.77. The Labute approximate surface area is 152 Å². The lowest BCUT2D eigenvalue weighted by Gasteiger charge is -2.15. The van der Waals surface area contributed by atoms with Gasteiger partial charge in [-0.1, -0.05) is 6.07 Å². The van der Waals surface area contributed by atoms with Crippen LogP contribution in [-0.4, -0.2) is 35.4 Å². The smallest absolute Gasteiger partial charge is 0.236 e. The molecule has 0 spiro atoms. The highest BCUT2D eigenvalue weighted by atomic mass is 35.5. The summed E-state index contributed by atoms with van der Waals surface area (Å²) in [6, 6.07) is 3.93. The SMILES string of the molecule is Cc1oc(-c2cccs2)nc1CC(=O)N1CCC(CN)C1.Cl.Cl. The molecule has 0 saturated carbocycles. The van der Waals surface area contributed by atoms with Crippen molar-refractivity contribution in [3.63, 3.8) is 0 Å². The van der Waals surface area contributed by atoms with Gasteiger partial charge < -0.3 is 15.1 Å². The second-order valence-corrected chi connectivity index (χ2v) is 6.35. The van der Waals surface area contributed by atoms with Crippen LogP contribution in [0.2, 0.25) is 0 Å². The largest absolute Gasteiger partial charge is 0.440 e. The average Bonchev–Trinajstić information content (AvgIpc) is 3.18. The van der Waals surface area contributed by atoms with E-state index in [9.17, 15) is 4.79 Å². The summed E-state index contributed by atoms with van der Waals surface area (Å²) in [6.07, 6.45) is 1.30. The molecule has 0 radical (unpaired) electrons. The molecule has 2 aromatic heterocycles. The van der Waals surface area contributed by atoms with Crippen molar-refractivity contribution in [2.75, 3.05) is 19.6 Å². The van der Waals surface area contributed by atoms with E-state index in [1.54, 1.807) is 11.3 Å². The minimum atomic E-state index is 0. The number of hydrogen-bond acceptors (Lipinski definition) is 5. The Hall–Kier alpha value is -1.08. The molecule has 8 heteroatoms. The van der Waals surface area contributed by atoms with Crippen LogP contribution in [0.5, 0.6) is 0 Å². The molecule has 0 aromatic carbocycles. The highest BCUT2D eigenvalue weighted by Crippen LogP contribution is 2.26. The maximum atomic E-state index is 12.3. The second-order valence-electron chi connectivity index (χ2n) is 5.41. The van der Waals surface area contributed by atoms with E-state index in [1.165, 1.54) is 0 Å². The number of carbonyl (C=O) groups is 1. The van der Waals surface area contributed by atoms with Gasteiger partial charge >= 0.3 is 0 Å². The summed E-state index contributed by atoms with van der Waals surface area (Å²) >= 11 is 1.58. The van der Waals surface area contributed by atoms with Crippen LogP contribution in [0.1, 0.15) is 17.9 Å². The first kappa shape index (κ1) is 20.0. The molecular formula is C15H21Cl2N3O2S. The summed E-state index contributed by atoms with van der Waals surface area (Å²) in [6.45, 7) is 4.08. The van der Waals surface area contributed by atoms with Crippen molar-refractivity contribution in [3.8, 4) is 10.8 Å². The molecule has 1 fully saturated rings. The Balaban J connectivity index is 0.00000132. The topological polar surface area (TPSA) is 72.4 Å². The first-order chi connectivity index (χ1) is 10.2. The zero-order valence-electron chi connectivity index (χ0n) is 12.9. The van der Waals surface area contributed by atoms with Crippen molar-refractivity contribution in [3.05, 3.63) is 29.0 Å². The lowest BCUT2D eigenvalue weighted by molar-refractivity contribution is -0.129. The number of thiophene rings is 1. The Morgan fingerprint density at radius 1 is 1.52 bits per heavy atom. The lowest BCUT2D eigenvalue weighted by atomic mass is 10.1. The number of rotatable bonds is 4. The van der Waals surface area contributed by atoms with Gasteiger partial charge in [0.15, 0.2) is 0 Å². The van der Waals surface area contributed by atoms with Gasteiger partial charge in [0.05, 0.1) is 17.0 Å². The highest BCUT2D eigenvalue weighted by Gasteiger charge is 2.26. The van der Waals surface area contributed by atoms with Crippen molar-refractivity contribution in [2.24, 2.45) is 11.7 Å². The number of oxazole rings is 1. The van der Waals surface area contributed by atoms with E-state index in [0.29, 0.717) is 24.8 Å². The van der Waals surface area contributed by atoms with E-state index < -0.39 is 0 Å². The van der Waals surface area contributed by atoms with E-state index in [1.807, 2.05) is 29.3 Å². The molecule has 5 nitrogen and oxygen atoms in total. The van der Waals surface area contributed by atoms with Crippen LogP contribution in [0.4, 0.5) is 0 Å². The quantitative estimate of drug-likeness (QED) is 0.888. The molecule has 1 saturated heterocycles. The van der Waals surface area contributed by atoms with Gasteiger partial charge in [-0.2, -0.15) is 0 Å². The highest BCUT2D eigenvalue weighted by molar-refractivity contribution is 7.13. The van der Waals surface area contributed by atoms with Crippen LogP contribution in [0.15, 0.2) is 21.9 Å². The number of hydrogen-bond donors (Lipinski definition) is 1. The molecule has 2 aromatic rings. The Morgan fingerprint density at radius 2 is 2.30 bits per heavy atom.